The molecule has 1 aliphatic rings. The number of rotatable bonds is 2. The van der Waals surface area contributed by atoms with Crippen LogP contribution in [0.1, 0.15) is 32.6 Å². The second-order valence-corrected chi connectivity index (χ2v) is 5.35. The van der Waals surface area contributed by atoms with Gasteiger partial charge in [-0.2, -0.15) is 0 Å². The summed E-state index contributed by atoms with van der Waals surface area (Å²) >= 11 is 0. The van der Waals surface area contributed by atoms with E-state index in [1.54, 1.807) is 0 Å². The number of aromatic nitrogens is 2. The van der Waals surface area contributed by atoms with E-state index in [2.05, 4.69) is 22.2 Å². The van der Waals surface area contributed by atoms with Gasteiger partial charge in [0.25, 0.3) is 0 Å². The Morgan fingerprint density at radius 3 is 2.56 bits per heavy atom. The zero-order valence-electron chi connectivity index (χ0n) is 10.8. The number of nitrogens with one attached hydrogen (secondary N) is 1. The lowest BCUT2D eigenvalue weighted by Crippen LogP contribution is -2.25. The summed E-state index contributed by atoms with van der Waals surface area (Å²) < 4.78 is 0. The molecule has 3 rings (SSSR count). The van der Waals surface area contributed by atoms with Crippen LogP contribution in [0.25, 0.3) is 11.0 Å². The van der Waals surface area contributed by atoms with Gasteiger partial charge >= 0.3 is 0 Å². The Morgan fingerprint density at radius 2 is 1.78 bits per heavy atom. The lowest BCUT2D eigenvalue weighted by atomic mass is 9.87. The Balaban J connectivity index is 1.74. The largest absolute Gasteiger partial charge is 0.366 e. The third-order valence-electron chi connectivity index (χ3n) is 3.82. The summed E-state index contributed by atoms with van der Waals surface area (Å²) in [6, 6.07) is 8.57. The van der Waals surface area contributed by atoms with Crippen molar-refractivity contribution in [3.63, 3.8) is 0 Å². The van der Waals surface area contributed by atoms with Crippen molar-refractivity contribution in [3.8, 4) is 0 Å². The van der Waals surface area contributed by atoms with Gasteiger partial charge < -0.3 is 5.32 Å². The molecule has 0 bridgehead atoms. The second-order valence-electron chi connectivity index (χ2n) is 5.35. The SMILES string of the molecule is CC1CCC(Nc2cnc3ccccc3n2)CC1. The molecule has 0 spiro atoms. The van der Waals surface area contributed by atoms with Crippen molar-refractivity contribution in [2.45, 2.75) is 38.6 Å². The van der Waals surface area contributed by atoms with Crippen LogP contribution in [0.2, 0.25) is 0 Å². The van der Waals surface area contributed by atoms with Gasteiger partial charge in [0.2, 0.25) is 0 Å². The zero-order valence-corrected chi connectivity index (χ0v) is 10.8. The summed E-state index contributed by atoms with van der Waals surface area (Å²) in [6.07, 6.45) is 6.98. The first kappa shape index (κ1) is 11.5. The van der Waals surface area contributed by atoms with E-state index >= 15 is 0 Å². The van der Waals surface area contributed by atoms with Crippen LogP contribution in [0.15, 0.2) is 30.5 Å². The monoisotopic (exact) mass is 241 g/mol. The number of anilines is 1. The number of fused-ring (bicyclic) bond motifs is 1. The topological polar surface area (TPSA) is 37.8 Å². The van der Waals surface area contributed by atoms with Crippen LogP contribution in [-0.2, 0) is 0 Å². The van der Waals surface area contributed by atoms with Gasteiger partial charge in [-0.15, -0.1) is 0 Å². The molecule has 0 saturated heterocycles. The van der Waals surface area contributed by atoms with Gasteiger partial charge in [-0.25, -0.2) is 4.98 Å². The van der Waals surface area contributed by atoms with E-state index < -0.39 is 0 Å². The van der Waals surface area contributed by atoms with Gasteiger partial charge in [0.15, 0.2) is 0 Å². The van der Waals surface area contributed by atoms with Crippen molar-refractivity contribution < 1.29 is 0 Å². The van der Waals surface area contributed by atoms with Crippen molar-refractivity contribution in [2.75, 3.05) is 5.32 Å². The number of hydrogen-bond acceptors (Lipinski definition) is 3. The molecule has 18 heavy (non-hydrogen) atoms. The number of nitrogens with zero attached hydrogens (tertiary/aromatic N) is 2. The minimum Gasteiger partial charge on any atom is -0.366 e. The van der Waals surface area contributed by atoms with E-state index in [1.807, 2.05) is 30.5 Å². The van der Waals surface area contributed by atoms with Crippen LogP contribution in [0.5, 0.6) is 0 Å². The lowest BCUT2D eigenvalue weighted by molar-refractivity contribution is 0.361. The van der Waals surface area contributed by atoms with Gasteiger partial charge in [0, 0.05) is 6.04 Å². The molecule has 1 heterocycles. The van der Waals surface area contributed by atoms with Crippen LogP contribution >= 0.6 is 0 Å². The van der Waals surface area contributed by atoms with Crippen LogP contribution in [0, 0.1) is 5.92 Å². The summed E-state index contributed by atoms with van der Waals surface area (Å²) in [5.74, 6) is 1.79. The van der Waals surface area contributed by atoms with E-state index in [1.165, 1.54) is 25.7 Å². The first-order valence-corrected chi connectivity index (χ1v) is 6.79. The standard InChI is InChI=1S/C15H19N3/c1-11-6-8-12(9-7-11)17-15-10-16-13-4-2-3-5-14(13)18-15/h2-5,10-12H,6-9H2,1H3,(H,17,18). The summed E-state index contributed by atoms with van der Waals surface area (Å²) in [4.78, 5) is 9.05. The van der Waals surface area contributed by atoms with Crippen LogP contribution in [0.4, 0.5) is 5.82 Å². The molecule has 1 aliphatic carbocycles. The molecule has 3 nitrogen and oxygen atoms in total. The summed E-state index contributed by atoms with van der Waals surface area (Å²) in [5.41, 5.74) is 1.92. The molecule has 0 unspecified atom stereocenters. The number of para-hydroxylation sites is 2. The Morgan fingerprint density at radius 1 is 1.06 bits per heavy atom. The molecular weight excluding hydrogens is 222 g/mol. The van der Waals surface area contributed by atoms with E-state index in [9.17, 15) is 0 Å². The maximum Gasteiger partial charge on any atom is 0.145 e. The fourth-order valence-corrected chi connectivity index (χ4v) is 2.64. The Hall–Kier alpha value is -1.64. The van der Waals surface area contributed by atoms with Gasteiger partial charge in [0.05, 0.1) is 17.2 Å². The average Bonchev–Trinajstić information content (AvgIpc) is 2.41. The van der Waals surface area contributed by atoms with E-state index in [0.717, 1.165) is 22.8 Å². The summed E-state index contributed by atoms with van der Waals surface area (Å²) in [7, 11) is 0. The van der Waals surface area contributed by atoms with Crippen molar-refractivity contribution in [2.24, 2.45) is 5.92 Å². The van der Waals surface area contributed by atoms with Crippen molar-refractivity contribution in [3.05, 3.63) is 30.5 Å². The maximum atomic E-state index is 4.61. The molecule has 1 aromatic carbocycles. The highest BCUT2D eigenvalue weighted by Gasteiger charge is 2.18. The molecule has 1 N–H and O–H groups in total. The molecule has 0 atom stereocenters. The minimum absolute atomic E-state index is 0.566. The number of hydrogen-bond donors (Lipinski definition) is 1. The molecule has 0 amide bonds. The van der Waals surface area contributed by atoms with E-state index in [-0.39, 0.29) is 0 Å². The molecular formula is C15H19N3. The molecule has 2 aromatic rings. The van der Waals surface area contributed by atoms with Gasteiger partial charge in [-0.3, -0.25) is 4.98 Å². The first-order valence-electron chi connectivity index (χ1n) is 6.79. The van der Waals surface area contributed by atoms with Crippen LogP contribution < -0.4 is 5.32 Å². The predicted octanol–water partition coefficient (Wildman–Crippen LogP) is 3.62. The highest BCUT2D eigenvalue weighted by Crippen LogP contribution is 2.25. The highest BCUT2D eigenvalue weighted by atomic mass is 15.0. The van der Waals surface area contributed by atoms with Gasteiger partial charge in [0.1, 0.15) is 5.82 Å². The van der Waals surface area contributed by atoms with E-state index in [0.29, 0.717) is 6.04 Å². The predicted molar refractivity (Wildman–Crippen MR) is 74.6 cm³/mol. The van der Waals surface area contributed by atoms with Crippen molar-refractivity contribution >= 4 is 16.9 Å². The Bertz CT molecular complexity index is 530. The third-order valence-corrected chi connectivity index (χ3v) is 3.82. The summed E-state index contributed by atoms with van der Waals surface area (Å²) in [6.45, 7) is 2.34. The van der Waals surface area contributed by atoms with Crippen molar-refractivity contribution in [1.82, 2.24) is 9.97 Å². The molecule has 1 saturated carbocycles. The maximum absolute atomic E-state index is 4.61. The first-order chi connectivity index (χ1) is 8.81. The van der Waals surface area contributed by atoms with Gasteiger partial charge in [-0.05, 0) is 43.7 Å². The fraction of sp³-hybridized carbons (Fsp3) is 0.467. The smallest absolute Gasteiger partial charge is 0.145 e. The third kappa shape index (κ3) is 2.45. The second kappa shape index (κ2) is 4.92. The molecule has 1 fully saturated rings. The van der Waals surface area contributed by atoms with Crippen LogP contribution in [0.3, 0.4) is 0 Å². The minimum atomic E-state index is 0.566. The van der Waals surface area contributed by atoms with Crippen molar-refractivity contribution in [1.29, 1.82) is 0 Å². The zero-order chi connectivity index (χ0) is 12.4. The molecule has 3 heteroatoms. The van der Waals surface area contributed by atoms with Gasteiger partial charge in [-0.1, -0.05) is 19.1 Å². The Kier molecular flexibility index (Phi) is 3.13. The molecule has 94 valence electrons. The fourth-order valence-electron chi connectivity index (χ4n) is 2.64. The van der Waals surface area contributed by atoms with E-state index in [4.69, 9.17) is 0 Å². The normalized spacial score (nSPS) is 24.1. The van der Waals surface area contributed by atoms with Crippen LogP contribution in [-0.4, -0.2) is 16.0 Å². The average molecular weight is 241 g/mol. The molecule has 0 radical (unpaired) electrons. The summed E-state index contributed by atoms with van der Waals surface area (Å²) in [5, 5.41) is 3.52. The Labute approximate surface area is 108 Å². The highest BCUT2D eigenvalue weighted by molar-refractivity contribution is 5.75. The number of benzene rings is 1. The molecule has 0 aliphatic heterocycles. The molecule has 1 aromatic heterocycles. The quantitative estimate of drug-likeness (QED) is 0.872. The lowest BCUT2D eigenvalue weighted by Gasteiger charge is -2.27.